The molecule has 1 unspecified atom stereocenters. The van der Waals surface area contributed by atoms with Crippen LogP contribution in [0.2, 0.25) is 0 Å². The molecule has 0 spiro atoms. The molecule has 1 aliphatic heterocycles. The van der Waals surface area contributed by atoms with Crippen LogP contribution in [0.25, 0.3) is 5.76 Å². The SMILES string of the molecule is COC(=O)c1ccc(C2/C(=C(\O)c3c(C)c[nH]c3C)C(=O)C(=O)N2c2cc(C)on2)cc1. The lowest BCUT2D eigenvalue weighted by Gasteiger charge is -2.23. The van der Waals surface area contributed by atoms with Gasteiger partial charge in [-0.15, -0.1) is 0 Å². The lowest BCUT2D eigenvalue weighted by molar-refractivity contribution is -0.132. The van der Waals surface area contributed by atoms with Crippen LogP contribution in [0.15, 0.2) is 46.6 Å². The third-order valence-corrected chi connectivity index (χ3v) is 5.47. The number of nitrogens with zero attached hydrogens (tertiary/aromatic N) is 2. The van der Waals surface area contributed by atoms with Gasteiger partial charge < -0.3 is 19.4 Å². The molecule has 0 radical (unpaired) electrons. The molecule has 1 aromatic carbocycles. The van der Waals surface area contributed by atoms with Crippen LogP contribution in [0.3, 0.4) is 0 Å². The number of methoxy groups -OCH3 is 1. The molecule has 1 saturated heterocycles. The number of benzene rings is 1. The van der Waals surface area contributed by atoms with Crippen molar-refractivity contribution in [3.05, 3.63) is 75.8 Å². The number of ether oxygens (including phenoxy) is 1. The van der Waals surface area contributed by atoms with Crippen molar-refractivity contribution in [1.82, 2.24) is 10.1 Å². The van der Waals surface area contributed by atoms with E-state index in [2.05, 4.69) is 10.1 Å². The van der Waals surface area contributed by atoms with Gasteiger partial charge in [-0.25, -0.2) is 4.79 Å². The number of amides is 1. The fourth-order valence-electron chi connectivity index (χ4n) is 3.93. The van der Waals surface area contributed by atoms with Crippen LogP contribution in [-0.4, -0.2) is 40.0 Å². The first kappa shape index (κ1) is 21.1. The van der Waals surface area contributed by atoms with Crippen molar-refractivity contribution in [3.63, 3.8) is 0 Å². The van der Waals surface area contributed by atoms with Crippen molar-refractivity contribution in [2.45, 2.75) is 26.8 Å². The van der Waals surface area contributed by atoms with Gasteiger partial charge >= 0.3 is 11.9 Å². The number of esters is 1. The Balaban J connectivity index is 1.94. The third-order valence-electron chi connectivity index (χ3n) is 5.47. The largest absolute Gasteiger partial charge is 0.507 e. The molecule has 3 heterocycles. The Morgan fingerprint density at radius 3 is 2.41 bits per heavy atom. The highest BCUT2D eigenvalue weighted by Gasteiger charge is 2.48. The molecule has 9 heteroatoms. The molecule has 0 aliphatic carbocycles. The lowest BCUT2D eigenvalue weighted by atomic mass is 9.94. The standard InChI is InChI=1S/C23H21N3O6/c1-11-10-24-13(3)17(11)20(27)18-19(14-5-7-15(8-6-14)23(30)31-4)26(22(29)21(18)28)16-9-12(2)32-25-16/h5-10,19,24,27H,1-4H3/b20-18+. The summed E-state index contributed by atoms with van der Waals surface area (Å²) < 4.78 is 9.85. The number of aryl methyl sites for hydroxylation is 3. The molecule has 0 bridgehead atoms. The Kier molecular flexibility index (Phi) is 5.17. The highest BCUT2D eigenvalue weighted by atomic mass is 16.5. The number of carbonyl (C=O) groups excluding carboxylic acids is 3. The van der Waals surface area contributed by atoms with Crippen molar-refractivity contribution in [2.24, 2.45) is 0 Å². The van der Waals surface area contributed by atoms with Gasteiger partial charge in [0.05, 0.1) is 24.3 Å². The summed E-state index contributed by atoms with van der Waals surface area (Å²) in [5.74, 6) is -1.88. The lowest BCUT2D eigenvalue weighted by Crippen LogP contribution is -2.29. The molecule has 2 aromatic heterocycles. The van der Waals surface area contributed by atoms with Crippen LogP contribution < -0.4 is 4.90 Å². The van der Waals surface area contributed by atoms with Crippen LogP contribution in [0, 0.1) is 20.8 Å². The normalized spacial score (nSPS) is 17.8. The molecule has 32 heavy (non-hydrogen) atoms. The molecule has 1 atom stereocenters. The highest BCUT2D eigenvalue weighted by Crippen LogP contribution is 2.42. The fourth-order valence-corrected chi connectivity index (χ4v) is 3.93. The molecule has 2 N–H and O–H groups in total. The summed E-state index contributed by atoms with van der Waals surface area (Å²) >= 11 is 0. The Morgan fingerprint density at radius 1 is 1.19 bits per heavy atom. The van der Waals surface area contributed by atoms with E-state index in [1.54, 1.807) is 39.1 Å². The summed E-state index contributed by atoms with van der Waals surface area (Å²) in [6.07, 6.45) is 1.71. The number of aromatic nitrogens is 2. The average Bonchev–Trinajstić information content (AvgIpc) is 3.43. The predicted molar refractivity (Wildman–Crippen MR) is 114 cm³/mol. The van der Waals surface area contributed by atoms with Gasteiger partial charge in [-0.1, -0.05) is 17.3 Å². The van der Waals surface area contributed by atoms with Crippen LogP contribution in [0.4, 0.5) is 5.82 Å². The average molecular weight is 435 g/mol. The molecule has 3 aromatic rings. The second kappa shape index (κ2) is 7.84. The summed E-state index contributed by atoms with van der Waals surface area (Å²) in [6, 6.07) is 6.83. The summed E-state index contributed by atoms with van der Waals surface area (Å²) in [5.41, 5.74) is 2.57. The maximum absolute atomic E-state index is 13.1. The first-order chi connectivity index (χ1) is 15.2. The first-order valence-electron chi connectivity index (χ1n) is 9.82. The number of aromatic amines is 1. The van der Waals surface area contributed by atoms with E-state index in [1.165, 1.54) is 30.2 Å². The smallest absolute Gasteiger partial charge is 0.337 e. The van der Waals surface area contributed by atoms with Gasteiger partial charge in [0.15, 0.2) is 5.82 Å². The zero-order valence-electron chi connectivity index (χ0n) is 17.9. The number of nitrogens with one attached hydrogen (secondary N) is 1. The number of carbonyl (C=O) groups is 3. The van der Waals surface area contributed by atoms with E-state index in [1.807, 2.05) is 0 Å². The third kappa shape index (κ3) is 3.27. The first-order valence-corrected chi connectivity index (χ1v) is 9.82. The summed E-state index contributed by atoms with van der Waals surface area (Å²) in [6.45, 7) is 5.22. The zero-order valence-corrected chi connectivity index (χ0v) is 17.9. The van der Waals surface area contributed by atoms with E-state index in [9.17, 15) is 19.5 Å². The van der Waals surface area contributed by atoms with Crippen LogP contribution in [-0.2, 0) is 14.3 Å². The van der Waals surface area contributed by atoms with Gasteiger partial charge in [0, 0.05) is 23.5 Å². The molecule has 9 nitrogen and oxygen atoms in total. The van der Waals surface area contributed by atoms with Crippen LogP contribution in [0.5, 0.6) is 0 Å². The topological polar surface area (TPSA) is 126 Å². The van der Waals surface area contributed by atoms with E-state index in [-0.39, 0.29) is 17.2 Å². The second-order valence-electron chi connectivity index (χ2n) is 7.55. The quantitative estimate of drug-likeness (QED) is 0.279. The zero-order chi connectivity index (χ0) is 23.2. The number of rotatable bonds is 4. The van der Waals surface area contributed by atoms with E-state index in [0.717, 1.165) is 5.56 Å². The van der Waals surface area contributed by atoms with Gasteiger partial charge in [0.2, 0.25) is 0 Å². The number of H-pyrrole nitrogens is 1. The van der Waals surface area contributed by atoms with Gasteiger partial charge in [0.25, 0.3) is 5.78 Å². The summed E-state index contributed by atoms with van der Waals surface area (Å²) in [4.78, 5) is 42.2. The van der Waals surface area contributed by atoms with Gasteiger partial charge in [0.1, 0.15) is 11.5 Å². The van der Waals surface area contributed by atoms with Gasteiger partial charge in [-0.05, 0) is 44.0 Å². The summed E-state index contributed by atoms with van der Waals surface area (Å²) in [7, 11) is 1.28. The number of aliphatic hydroxyl groups excluding tert-OH is 1. The Morgan fingerprint density at radius 2 is 1.88 bits per heavy atom. The van der Waals surface area contributed by atoms with Crippen LogP contribution in [0.1, 0.15) is 44.5 Å². The van der Waals surface area contributed by atoms with Crippen molar-refractivity contribution < 1.29 is 28.8 Å². The number of anilines is 1. The highest BCUT2D eigenvalue weighted by molar-refractivity contribution is 6.51. The number of aliphatic hydroxyl groups is 1. The molecular weight excluding hydrogens is 414 g/mol. The molecule has 4 rings (SSSR count). The maximum atomic E-state index is 13.1. The summed E-state index contributed by atoms with van der Waals surface area (Å²) in [5, 5.41) is 15.1. The number of Topliss-reactive ketones (excluding diaryl/α,β-unsaturated/α-hetero) is 1. The van der Waals surface area contributed by atoms with Crippen molar-refractivity contribution in [3.8, 4) is 0 Å². The maximum Gasteiger partial charge on any atom is 0.337 e. The van der Waals surface area contributed by atoms with Gasteiger partial charge in [-0.2, -0.15) is 0 Å². The second-order valence-corrected chi connectivity index (χ2v) is 7.55. The van der Waals surface area contributed by atoms with E-state index in [4.69, 9.17) is 9.26 Å². The number of hydrogen-bond donors (Lipinski definition) is 2. The Bertz CT molecular complexity index is 1250. The Hall–Kier alpha value is -4.14. The van der Waals surface area contributed by atoms with Crippen molar-refractivity contribution >= 4 is 29.2 Å². The minimum atomic E-state index is -0.972. The number of hydrogen-bond acceptors (Lipinski definition) is 7. The molecular formula is C23H21N3O6. The van der Waals surface area contributed by atoms with Crippen molar-refractivity contribution in [2.75, 3.05) is 12.0 Å². The van der Waals surface area contributed by atoms with E-state index in [0.29, 0.717) is 28.1 Å². The molecule has 0 saturated carbocycles. The van der Waals surface area contributed by atoms with Crippen molar-refractivity contribution in [1.29, 1.82) is 0 Å². The molecule has 164 valence electrons. The fraction of sp³-hybridized carbons (Fsp3) is 0.217. The van der Waals surface area contributed by atoms with Gasteiger partial charge in [-0.3, -0.25) is 14.5 Å². The minimum absolute atomic E-state index is 0.0766. The molecule has 1 fully saturated rings. The monoisotopic (exact) mass is 435 g/mol. The van der Waals surface area contributed by atoms with Crippen LogP contribution >= 0.6 is 0 Å². The number of ketones is 1. The van der Waals surface area contributed by atoms with E-state index < -0.39 is 23.7 Å². The predicted octanol–water partition coefficient (Wildman–Crippen LogP) is 3.34. The molecule has 1 amide bonds. The Labute approximate surface area is 183 Å². The molecule has 1 aliphatic rings. The minimum Gasteiger partial charge on any atom is -0.507 e. The van der Waals surface area contributed by atoms with E-state index >= 15 is 0 Å².